The summed E-state index contributed by atoms with van der Waals surface area (Å²) in [5.74, 6) is 0.713. The average molecular weight is 183 g/mol. The Hall–Kier alpha value is -0.0800. The summed E-state index contributed by atoms with van der Waals surface area (Å²) in [6.45, 7) is 9.16. The molecule has 2 saturated heterocycles. The van der Waals surface area contributed by atoms with Crippen LogP contribution in [-0.2, 0) is 4.74 Å². The van der Waals surface area contributed by atoms with Crippen LogP contribution >= 0.6 is 0 Å². The Morgan fingerprint density at radius 2 is 2.00 bits per heavy atom. The topological polar surface area (TPSA) is 12.5 Å². The third-order valence-electron chi connectivity index (χ3n) is 3.67. The molecule has 0 amide bonds. The van der Waals surface area contributed by atoms with Gasteiger partial charge in [0.2, 0.25) is 0 Å². The van der Waals surface area contributed by atoms with Crippen molar-refractivity contribution < 1.29 is 4.74 Å². The highest BCUT2D eigenvalue weighted by atomic mass is 16.5. The van der Waals surface area contributed by atoms with E-state index in [-0.39, 0.29) is 0 Å². The van der Waals surface area contributed by atoms with Gasteiger partial charge in [-0.15, -0.1) is 0 Å². The predicted molar refractivity (Wildman–Crippen MR) is 53.7 cm³/mol. The standard InChI is InChI=1S/C11H21NO/c1-11(2,3)8-7-13-9-5-6-12(4)10(8)9/h8-10H,5-7H2,1-4H3. The highest BCUT2D eigenvalue weighted by molar-refractivity contribution is 4.99. The van der Waals surface area contributed by atoms with E-state index in [1.807, 2.05) is 0 Å². The van der Waals surface area contributed by atoms with E-state index >= 15 is 0 Å². The van der Waals surface area contributed by atoms with E-state index in [0.717, 1.165) is 6.61 Å². The number of ether oxygens (including phenoxy) is 1. The van der Waals surface area contributed by atoms with Crippen LogP contribution in [0.5, 0.6) is 0 Å². The van der Waals surface area contributed by atoms with Gasteiger partial charge in [-0.2, -0.15) is 0 Å². The molecule has 0 aromatic carbocycles. The molecule has 0 bridgehead atoms. The molecule has 0 aromatic heterocycles. The van der Waals surface area contributed by atoms with E-state index in [1.165, 1.54) is 13.0 Å². The molecule has 0 aliphatic carbocycles. The molecule has 3 unspecified atom stereocenters. The molecule has 13 heavy (non-hydrogen) atoms. The van der Waals surface area contributed by atoms with Gasteiger partial charge in [0.25, 0.3) is 0 Å². The van der Waals surface area contributed by atoms with Gasteiger partial charge in [0, 0.05) is 18.5 Å². The molecule has 2 aliphatic heterocycles. The molecule has 2 heteroatoms. The van der Waals surface area contributed by atoms with Crippen molar-refractivity contribution in [2.75, 3.05) is 20.2 Å². The second-order valence-corrected chi connectivity index (χ2v) is 5.60. The number of hydrogen-bond donors (Lipinski definition) is 0. The van der Waals surface area contributed by atoms with Crippen molar-refractivity contribution in [2.45, 2.75) is 39.3 Å². The highest BCUT2D eigenvalue weighted by Gasteiger charge is 2.47. The summed E-state index contributed by atoms with van der Waals surface area (Å²) in [5, 5.41) is 0. The zero-order chi connectivity index (χ0) is 9.64. The van der Waals surface area contributed by atoms with Gasteiger partial charge in [-0.3, -0.25) is 0 Å². The first-order valence-corrected chi connectivity index (χ1v) is 5.32. The van der Waals surface area contributed by atoms with E-state index in [4.69, 9.17) is 4.74 Å². The second-order valence-electron chi connectivity index (χ2n) is 5.60. The van der Waals surface area contributed by atoms with Gasteiger partial charge in [-0.1, -0.05) is 20.8 Å². The van der Waals surface area contributed by atoms with Crippen LogP contribution in [0, 0.1) is 11.3 Å². The zero-order valence-electron chi connectivity index (χ0n) is 9.21. The van der Waals surface area contributed by atoms with Crippen LogP contribution in [0.2, 0.25) is 0 Å². The minimum atomic E-state index is 0.387. The molecule has 2 nitrogen and oxygen atoms in total. The SMILES string of the molecule is CN1CCC2OCC(C(C)(C)C)C21. The first-order chi connectivity index (χ1) is 6.00. The summed E-state index contributed by atoms with van der Waals surface area (Å²) < 4.78 is 5.84. The first kappa shape index (κ1) is 9.47. The van der Waals surface area contributed by atoms with Gasteiger partial charge in [0.05, 0.1) is 12.7 Å². The van der Waals surface area contributed by atoms with Crippen molar-refractivity contribution in [3.8, 4) is 0 Å². The zero-order valence-corrected chi connectivity index (χ0v) is 9.21. The van der Waals surface area contributed by atoms with Gasteiger partial charge >= 0.3 is 0 Å². The monoisotopic (exact) mass is 183 g/mol. The molecule has 0 radical (unpaired) electrons. The molecule has 2 heterocycles. The molecular formula is C11H21NO. The van der Waals surface area contributed by atoms with Gasteiger partial charge < -0.3 is 9.64 Å². The summed E-state index contributed by atoms with van der Waals surface area (Å²) in [7, 11) is 2.23. The summed E-state index contributed by atoms with van der Waals surface area (Å²) in [6, 6.07) is 0.681. The molecule has 0 N–H and O–H groups in total. The molecule has 3 atom stereocenters. The largest absolute Gasteiger partial charge is 0.376 e. The van der Waals surface area contributed by atoms with Crippen molar-refractivity contribution in [1.82, 2.24) is 4.90 Å². The quantitative estimate of drug-likeness (QED) is 0.567. The van der Waals surface area contributed by atoms with Crippen LogP contribution in [0.3, 0.4) is 0 Å². The third-order valence-corrected chi connectivity index (χ3v) is 3.67. The van der Waals surface area contributed by atoms with Crippen molar-refractivity contribution in [2.24, 2.45) is 11.3 Å². The maximum Gasteiger partial charge on any atom is 0.0746 e. The Bertz CT molecular complexity index is 197. The minimum absolute atomic E-state index is 0.387. The van der Waals surface area contributed by atoms with Crippen LogP contribution < -0.4 is 0 Å². The number of rotatable bonds is 0. The normalized spacial score (nSPS) is 41.1. The van der Waals surface area contributed by atoms with E-state index in [0.29, 0.717) is 23.5 Å². The van der Waals surface area contributed by atoms with Crippen molar-refractivity contribution in [1.29, 1.82) is 0 Å². The molecule has 0 saturated carbocycles. The van der Waals surface area contributed by atoms with E-state index in [2.05, 4.69) is 32.7 Å². The van der Waals surface area contributed by atoms with Crippen LogP contribution in [0.25, 0.3) is 0 Å². The van der Waals surface area contributed by atoms with Crippen molar-refractivity contribution >= 4 is 0 Å². The maximum atomic E-state index is 5.84. The smallest absolute Gasteiger partial charge is 0.0746 e. The lowest BCUT2D eigenvalue weighted by Gasteiger charge is -2.33. The van der Waals surface area contributed by atoms with E-state index in [9.17, 15) is 0 Å². The van der Waals surface area contributed by atoms with Crippen LogP contribution in [0.4, 0.5) is 0 Å². The molecule has 0 aromatic rings. The Kier molecular flexibility index (Phi) is 2.16. The number of likely N-dealkylation sites (N-methyl/N-ethyl adjacent to an activating group) is 1. The van der Waals surface area contributed by atoms with Crippen LogP contribution in [0.15, 0.2) is 0 Å². The van der Waals surface area contributed by atoms with E-state index in [1.54, 1.807) is 0 Å². The minimum Gasteiger partial charge on any atom is -0.376 e. The van der Waals surface area contributed by atoms with Gasteiger partial charge in [-0.05, 0) is 18.9 Å². The second kappa shape index (κ2) is 2.96. The lowest BCUT2D eigenvalue weighted by Crippen LogP contribution is -2.40. The molecule has 76 valence electrons. The molecule has 2 rings (SSSR count). The Labute approximate surface area is 81.3 Å². The molecular weight excluding hydrogens is 162 g/mol. The Morgan fingerprint density at radius 3 is 2.62 bits per heavy atom. The summed E-state index contributed by atoms with van der Waals surface area (Å²) in [6.07, 6.45) is 1.75. The number of likely N-dealkylation sites (tertiary alicyclic amines) is 1. The van der Waals surface area contributed by atoms with Gasteiger partial charge in [0.15, 0.2) is 0 Å². The fourth-order valence-electron chi connectivity index (χ4n) is 2.77. The van der Waals surface area contributed by atoms with E-state index < -0.39 is 0 Å². The highest BCUT2D eigenvalue weighted by Crippen LogP contribution is 2.41. The average Bonchev–Trinajstić information content (AvgIpc) is 2.51. The fourth-order valence-corrected chi connectivity index (χ4v) is 2.77. The lowest BCUT2D eigenvalue weighted by molar-refractivity contribution is 0.0973. The molecule has 2 aliphatic rings. The first-order valence-electron chi connectivity index (χ1n) is 5.32. The summed E-state index contributed by atoms with van der Waals surface area (Å²) in [5.41, 5.74) is 0.387. The van der Waals surface area contributed by atoms with Gasteiger partial charge in [0.1, 0.15) is 0 Å². The molecule has 0 spiro atoms. The van der Waals surface area contributed by atoms with Gasteiger partial charge in [-0.25, -0.2) is 0 Å². The maximum absolute atomic E-state index is 5.84. The molecule has 2 fully saturated rings. The van der Waals surface area contributed by atoms with Crippen LogP contribution in [0.1, 0.15) is 27.2 Å². The van der Waals surface area contributed by atoms with Crippen molar-refractivity contribution in [3.05, 3.63) is 0 Å². The number of nitrogens with zero attached hydrogens (tertiary/aromatic N) is 1. The Morgan fingerprint density at radius 1 is 1.31 bits per heavy atom. The summed E-state index contributed by atoms with van der Waals surface area (Å²) >= 11 is 0. The third kappa shape index (κ3) is 1.50. The predicted octanol–water partition coefficient (Wildman–Crippen LogP) is 1.75. The number of fused-ring (bicyclic) bond motifs is 1. The Balaban J connectivity index is 2.15. The summed E-state index contributed by atoms with van der Waals surface area (Å²) in [4.78, 5) is 2.48. The fraction of sp³-hybridized carbons (Fsp3) is 1.00. The van der Waals surface area contributed by atoms with Crippen molar-refractivity contribution in [3.63, 3.8) is 0 Å². The number of hydrogen-bond acceptors (Lipinski definition) is 2. The van der Waals surface area contributed by atoms with Crippen LogP contribution in [-0.4, -0.2) is 37.2 Å². The lowest BCUT2D eigenvalue weighted by atomic mass is 9.77.